The summed E-state index contributed by atoms with van der Waals surface area (Å²) in [5, 5.41) is 12.6. The third-order valence-electron chi connectivity index (χ3n) is 4.00. The van der Waals surface area contributed by atoms with Crippen LogP contribution in [-0.4, -0.2) is 28.7 Å². The minimum Gasteiger partial charge on any atom is -0.481 e. The standard InChI is InChI=1S/C15H14ClNO4/c1-15-6-5-10(21-15)11(14(19)20)12(15)13(18)17-9-4-2-3-8(16)7-9/h2-7,10-12H,1H3,(H,17,18)(H,19,20). The number of rotatable bonds is 3. The molecule has 1 aromatic rings. The van der Waals surface area contributed by atoms with Gasteiger partial charge in [-0.15, -0.1) is 0 Å². The summed E-state index contributed by atoms with van der Waals surface area (Å²) in [5.74, 6) is -3.05. The lowest BCUT2D eigenvalue weighted by atomic mass is 9.75. The topological polar surface area (TPSA) is 75.6 Å². The van der Waals surface area contributed by atoms with E-state index >= 15 is 0 Å². The van der Waals surface area contributed by atoms with Gasteiger partial charge in [-0.25, -0.2) is 0 Å². The summed E-state index contributed by atoms with van der Waals surface area (Å²) < 4.78 is 5.65. The van der Waals surface area contributed by atoms with Crippen LogP contribution in [0.2, 0.25) is 5.02 Å². The Bertz CT molecular complexity index is 644. The summed E-state index contributed by atoms with van der Waals surface area (Å²) in [6, 6.07) is 6.72. The van der Waals surface area contributed by atoms with E-state index in [2.05, 4.69) is 5.32 Å². The number of ether oxygens (including phenoxy) is 1. The number of hydrogen-bond acceptors (Lipinski definition) is 3. The molecule has 0 aromatic heterocycles. The first-order valence-electron chi connectivity index (χ1n) is 6.57. The molecule has 2 bridgehead atoms. The maximum atomic E-state index is 12.5. The Balaban J connectivity index is 1.86. The van der Waals surface area contributed by atoms with Gasteiger partial charge in [0.15, 0.2) is 0 Å². The van der Waals surface area contributed by atoms with Crippen LogP contribution < -0.4 is 5.32 Å². The molecule has 3 rings (SSSR count). The van der Waals surface area contributed by atoms with Crippen LogP contribution in [0.1, 0.15) is 6.92 Å². The highest BCUT2D eigenvalue weighted by molar-refractivity contribution is 6.30. The normalized spacial score (nSPS) is 33.1. The number of hydrogen-bond donors (Lipinski definition) is 2. The van der Waals surface area contributed by atoms with E-state index in [1.807, 2.05) is 0 Å². The number of aliphatic carboxylic acids is 1. The van der Waals surface area contributed by atoms with E-state index in [-0.39, 0.29) is 5.91 Å². The van der Waals surface area contributed by atoms with Crippen LogP contribution >= 0.6 is 11.6 Å². The van der Waals surface area contributed by atoms with Gasteiger partial charge in [-0.1, -0.05) is 29.8 Å². The zero-order valence-electron chi connectivity index (χ0n) is 11.2. The van der Waals surface area contributed by atoms with Gasteiger partial charge < -0.3 is 15.2 Å². The Morgan fingerprint density at radius 3 is 2.86 bits per heavy atom. The van der Waals surface area contributed by atoms with E-state index < -0.39 is 29.5 Å². The molecule has 6 heteroatoms. The van der Waals surface area contributed by atoms with Gasteiger partial charge in [0.05, 0.1) is 17.6 Å². The molecule has 110 valence electrons. The number of halogens is 1. The van der Waals surface area contributed by atoms with Crippen LogP contribution in [0.15, 0.2) is 36.4 Å². The number of carbonyl (C=O) groups is 2. The van der Waals surface area contributed by atoms with Crippen molar-refractivity contribution in [2.24, 2.45) is 11.8 Å². The number of amides is 1. The monoisotopic (exact) mass is 307 g/mol. The van der Waals surface area contributed by atoms with Gasteiger partial charge in [-0.2, -0.15) is 0 Å². The molecule has 1 amide bonds. The number of benzene rings is 1. The summed E-state index contributed by atoms with van der Waals surface area (Å²) in [5.41, 5.74) is -0.344. The van der Waals surface area contributed by atoms with Gasteiger partial charge in [-0.05, 0) is 25.1 Å². The third kappa shape index (κ3) is 2.32. The van der Waals surface area contributed by atoms with Crippen LogP contribution in [0.25, 0.3) is 0 Å². The van der Waals surface area contributed by atoms with Crippen LogP contribution in [0.4, 0.5) is 5.69 Å². The van der Waals surface area contributed by atoms with Gasteiger partial charge in [0.25, 0.3) is 0 Å². The van der Waals surface area contributed by atoms with Crippen molar-refractivity contribution in [3.8, 4) is 0 Å². The number of fused-ring (bicyclic) bond motifs is 2. The summed E-state index contributed by atoms with van der Waals surface area (Å²) in [4.78, 5) is 23.9. The highest BCUT2D eigenvalue weighted by Crippen LogP contribution is 2.47. The molecule has 5 nitrogen and oxygen atoms in total. The van der Waals surface area contributed by atoms with E-state index in [4.69, 9.17) is 16.3 Å². The molecule has 1 aromatic carbocycles. The number of nitrogens with one attached hydrogen (secondary N) is 1. The molecule has 4 atom stereocenters. The highest BCUT2D eigenvalue weighted by Gasteiger charge is 2.59. The number of carboxylic acid groups (broad SMARTS) is 1. The van der Waals surface area contributed by atoms with E-state index in [0.717, 1.165) is 0 Å². The van der Waals surface area contributed by atoms with Crippen LogP contribution in [-0.2, 0) is 14.3 Å². The van der Waals surface area contributed by atoms with Crippen molar-refractivity contribution in [1.29, 1.82) is 0 Å². The van der Waals surface area contributed by atoms with E-state index in [1.54, 1.807) is 43.3 Å². The zero-order chi connectivity index (χ0) is 15.2. The second-order valence-corrected chi connectivity index (χ2v) is 5.90. The van der Waals surface area contributed by atoms with Crippen molar-refractivity contribution < 1.29 is 19.4 Å². The Morgan fingerprint density at radius 1 is 1.43 bits per heavy atom. The predicted octanol–water partition coefficient (Wildman–Crippen LogP) is 2.32. The van der Waals surface area contributed by atoms with Gasteiger partial charge in [-0.3, -0.25) is 9.59 Å². The quantitative estimate of drug-likeness (QED) is 0.840. The zero-order valence-corrected chi connectivity index (χ0v) is 12.0. The first-order chi connectivity index (χ1) is 9.90. The second kappa shape index (κ2) is 4.86. The Morgan fingerprint density at radius 2 is 2.19 bits per heavy atom. The second-order valence-electron chi connectivity index (χ2n) is 5.47. The molecule has 0 aliphatic carbocycles. The fourth-order valence-electron chi connectivity index (χ4n) is 3.07. The van der Waals surface area contributed by atoms with E-state index in [0.29, 0.717) is 10.7 Å². The van der Waals surface area contributed by atoms with Gasteiger partial charge in [0.2, 0.25) is 5.91 Å². The van der Waals surface area contributed by atoms with Crippen molar-refractivity contribution in [3.63, 3.8) is 0 Å². The number of anilines is 1. The van der Waals surface area contributed by atoms with Crippen molar-refractivity contribution >= 4 is 29.2 Å². The lowest BCUT2D eigenvalue weighted by molar-refractivity contribution is -0.146. The summed E-state index contributed by atoms with van der Waals surface area (Å²) in [7, 11) is 0. The Hall–Kier alpha value is -1.85. The molecule has 2 N–H and O–H groups in total. The lowest BCUT2D eigenvalue weighted by Crippen LogP contribution is -2.44. The molecular formula is C15H14ClNO4. The first-order valence-corrected chi connectivity index (χ1v) is 6.95. The van der Waals surface area contributed by atoms with Crippen LogP contribution in [0.3, 0.4) is 0 Å². The fraction of sp³-hybridized carbons (Fsp3) is 0.333. The van der Waals surface area contributed by atoms with Gasteiger partial charge in [0.1, 0.15) is 5.92 Å². The molecular weight excluding hydrogens is 294 g/mol. The van der Waals surface area contributed by atoms with Gasteiger partial charge in [0, 0.05) is 10.7 Å². The largest absolute Gasteiger partial charge is 0.481 e. The summed E-state index contributed by atoms with van der Waals surface area (Å²) in [6.07, 6.45) is 2.92. The summed E-state index contributed by atoms with van der Waals surface area (Å²) in [6.45, 7) is 1.73. The maximum absolute atomic E-state index is 12.5. The fourth-order valence-corrected chi connectivity index (χ4v) is 3.26. The summed E-state index contributed by atoms with van der Waals surface area (Å²) >= 11 is 5.88. The predicted molar refractivity (Wildman–Crippen MR) is 77.1 cm³/mol. The van der Waals surface area contributed by atoms with Crippen molar-refractivity contribution in [2.45, 2.75) is 18.6 Å². The molecule has 4 unspecified atom stereocenters. The maximum Gasteiger partial charge on any atom is 0.310 e. The average Bonchev–Trinajstić information content (AvgIpc) is 2.91. The highest BCUT2D eigenvalue weighted by atomic mass is 35.5. The number of carboxylic acids is 1. The Labute approximate surface area is 126 Å². The van der Waals surface area contributed by atoms with Gasteiger partial charge >= 0.3 is 5.97 Å². The van der Waals surface area contributed by atoms with E-state index in [9.17, 15) is 14.7 Å². The molecule has 21 heavy (non-hydrogen) atoms. The van der Waals surface area contributed by atoms with Crippen molar-refractivity contribution in [1.82, 2.24) is 0 Å². The molecule has 0 saturated carbocycles. The average molecular weight is 308 g/mol. The minimum absolute atomic E-state index is 0.376. The van der Waals surface area contributed by atoms with Crippen molar-refractivity contribution in [3.05, 3.63) is 41.4 Å². The first kappa shape index (κ1) is 14.1. The SMILES string of the molecule is CC12C=CC(O1)C(C(=O)O)C2C(=O)Nc1cccc(Cl)c1. The lowest BCUT2D eigenvalue weighted by Gasteiger charge is -2.27. The smallest absolute Gasteiger partial charge is 0.310 e. The molecule has 1 saturated heterocycles. The number of carbonyl (C=O) groups excluding carboxylic acids is 1. The third-order valence-corrected chi connectivity index (χ3v) is 4.23. The van der Waals surface area contributed by atoms with Crippen molar-refractivity contribution in [2.75, 3.05) is 5.32 Å². The van der Waals surface area contributed by atoms with Crippen LogP contribution in [0, 0.1) is 11.8 Å². The molecule has 1 fully saturated rings. The molecule has 2 aliphatic rings. The van der Waals surface area contributed by atoms with E-state index in [1.165, 1.54) is 0 Å². The minimum atomic E-state index is -1.03. The molecule has 2 heterocycles. The van der Waals surface area contributed by atoms with Crippen LogP contribution in [0.5, 0.6) is 0 Å². The molecule has 0 radical (unpaired) electrons. The molecule has 2 aliphatic heterocycles. The molecule has 0 spiro atoms. The Kier molecular flexibility index (Phi) is 3.26.